The van der Waals surface area contributed by atoms with Crippen LogP contribution in [0.1, 0.15) is 11.1 Å². The average Bonchev–Trinajstić information content (AvgIpc) is 0.771. The van der Waals surface area contributed by atoms with E-state index in [-0.39, 0.29) is 13.4 Å². The Labute approximate surface area is 524 Å². The molecule has 4 heterocycles. The zero-order valence-electron chi connectivity index (χ0n) is 48.6. The van der Waals surface area contributed by atoms with Crippen LogP contribution in [0.4, 0.5) is 68.2 Å². The number of hydrogen-bond donors (Lipinski definition) is 0. The number of rotatable bonds is 10. The number of anilines is 12. The van der Waals surface area contributed by atoms with Gasteiger partial charge in [0.1, 0.15) is 0 Å². The van der Waals surface area contributed by atoms with Crippen LogP contribution < -0.4 is 52.4 Å². The molecule has 0 radical (unpaired) electrons. The number of aryl methyl sites for hydroxylation is 2. The highest BCUT2D eigenvalue weighted by Crippen LogP contribution is 2.54. The highest BCUT2D eigenvalue weighted by Gasteiger charge is 2.47. The lowest BCUT2D eigenvalue weighted by Gasteiger charge is -2.46. The number of nitrogens with zero attached hydrogens (tertiary/aromatic N) is 4. The first-order valence-electron chi connectivity index (χ1n) is 30.3. The minimum atomic E-state index is -0.144. The van der Waals surface area contributed by atoms with Gasteiger partial charge in [-0.2, -0.15) is 0 Å². The summed E-state index contributed by atoms with van der Waals surface area (Å²) in [4.78, 5) is 15.2. The number of benzene rings is 13. The molecule has 0 bridgehead atoms. The van der Waals surface area contributed by atoms with E-state index in [1.807, 2.05) is 23.5 Å². The summed E-state index contributed by atoms with van der Waals surface area (Å²) in [7, 11) is 0. The van der Waals surface area contributed by atoms with Crippen molar-refractivity contribution in [1.29, 1.82) is 0 Å². The van der Waals surface area contributed by atoms with E-state index < -0.39 is 0 Å². The zero-order chi connectivity index (χ0) is 58.4. The quantitative estimate of drug-likeness (QED) is 0.126. The van der Waals surface area contributed by atoms with Crippen LogP contribution in [0.3, 0.4) is 0 Å². The Morgan fingerprint density at radius 2 is 0.727 bits per heavy atom. The van der Waals surface area contributed by atoms with Crippen molar-refractivity contribution in [2.75, 3.05) is 19.6 Å². The van der Waals surface area contributed by atoms with E-state index in [0.717, 1.165) is 79.1 Å². The fraction of sp³-hybridized carbons (Fsp3) is 0.0250. The normalized spacial score (nSPS) is 12.9. The topological polar surface area (TPSA) is 13.0 Å². The van der Waals surface area contributed by atoms with Crippen LogP contribution in [0, 0.1) is 13.8 Å². The van der Waals surface area contributed by atoms with Crippen LogP contribution >= 0.6 is 23.5 Å². The smallest absolute Gasteiger partial charge is 0.252 e. The Balaban J connectivity index is 0.997. The largest absolute Gasteiger partial charge is 0.311 e. The predicted octanol–water partition coefficient (Wildman–Crippen LogP) is 18.1. The second kappa shape index (κ2) is 21.4. The molecule has 0 N–H and O–H groups in total. The van der Waals surface area contributed by atoms with Gasteiger partial charge in [-0.05, 0) is 150 Å². The maximum atomic E-state index is 2.69. The Hall–Kier alpha value is -10.1. The molecule has 0 spiro atoms. The first kappa shape index (κ1) is 52.2. The van der Waals surface area contributed by atoms with Crippen molar-refractivity contribution in [3.05, 3.63) is 314 Å². The Bertz CT molecular complexity index is 4700. The molecule has 414 valence electrons. The molecule has 0 saturated heterocycles. The van der Waals surface area contributed by atoms with Crippen LogP contribution in [0.5, 0.6) is 0 Å². The number of para-hydroxylation sites is 7. The van der Waals surface area contributed by atoms with Gasteiger partial charge in [0.25, 0.3) is 6.71 Å². The maximum absolute atomic E-state index is 2.69. The lowest BCUT2D eigenvalue weighted by atomic mass is 9.31. The van der Waals surface area contributed by atoms with E-state index in [9.17, 15) is 0 Å². The van der Waals surface area contributed by atoms with Gasteiger partial charge in [0.05, 0.1) is 11.4 Å². The highest BCUT2D eigenvalue weighted by atomic mass is 32.2. The summed E-state index contributed by atoms with van der Waals surface area (Å²) in [5.41, 5.74) is 28.5. The van der Waals surface area contributed by atoms with Gasteiger partial charge in [-0.15, -0.1) is 0 Å². The molecule has 0 fully saturated rings. The van der Waals surface area contributed by atoms with Gasteiger partial charge in [-0.1, -0.05) is 246 Å². The summed E-state index contributed by atoms with van der Waals surface area (Å²) < 4.78 is 0. The van der Waals surface area contributed by atoms with Crippen LogP contribution in [0.2, 0.25) is 0 Å². The average molecular weight is 1160 g/mol. The van der Waals surface area contributed by atoms with E-state index in [1.165, 1.54) is 74.9 Å². The van der Waals surface area contributed by atoms with Crippen molar-refractivity contribution in [2.45, 2.75) is 33.4 Å². The van der Waals surface area contributed by atoms with E-state index in [2.05, 4.69) is 337 Å². The molecule has 13 aromatic rings. The highest BCUT2D eigenvalue weighted by molar-refractivity contribution is 8.01. The first-order valence-corrected chi connectivity index (χ1v) is 31.9. The van der Waals surface area contributed by atoms with Crippen LogP contribution in [-0.4, -0.2) is 13.4 Å². The van der Waals surface area contributed by atoms with Crippen molar-refractivity contribution >= 4 is 138 Å². The van der Waals surface area contributed by atoms with Gasteiger partial charge in [-0.3, -0.25) is 0 Å². The van der Waals surface area contributed by atoms with E-state index >= 15 is 0 Å². The minimum Gasteiger partial charge on any atom is -0.311 e. The van der Waals surface area contributed by atoms with Crippen LogP contribution in [0.25, 0.3) is 22.3 Å². The van der Waals surface area contributed by atoms with Gasteiger partial charge in [-0.25, -0.2) is 0 Å². The Morgan fingerprint density at radius 3 is 1.27 bits per heavy atom. The predicted molar refractivity (Wildman–Crippen MR) is 376 cm³/mol. The number of hydrogen-bond acceptors (Lipinski definition) is 6. The van der Waals surface area contributed by atoms with Crippen molar-refractivity contribution in [3.63, 3.8) is 0 Å². The third kappa shape index (κ3) is 8.64. The molecule has 17 rings (SSSR count). The fourth-order valence-corrected chi connectivity index (χ4v) is 16.6. The van der Waals surface area contributed by atoms with Crippen molar-refractivity contribution in [3.8, 4) is 22.3 Å². The summed E-state index contributed by atoms with van der Waals surface area (Å²) in [6.07, 6.45) is 0. The molecule has 8 heteroatoms. The molecule has 0 atom stereocenters. The molecule has 0 saturated carbocycles. The zero-order valence-corrected chi connectivity index (χ0v) is 50.3. The molecule has 4 nitrogen and oxygen atoms in total. The van der Waals surface area contributed by atoms with E-state index in [0.29, 0.717) is 0 Å². The first-order chi connectivity index (χ1) is 43.5. The fourth-order valence-electron chi connectivity index (χ4n) is 14.1. The van der Waals surface area contributed by atoms with Crippen molar-refractivity contribution in [2.24, 2.45) is 0 Å². The van der Waals surface area contributed by atoms with Crippen LogP contribution in [-0.2, 0) is 0 Å². The minimum absolute atomic E-state index is 0.00966. The monoisotopic (exact) mass is 1160 g/mol. The Morgan fingerprint density at radius 1 is 0.284 bits per heavy atom. The molecule has 0 aromatic heterocycles. The van der Waals surface area contributed by atoms with Gasteiger partial charge in [0.2, 0.25) is 6.71 Å². The Kier molecular flexibility index (Phi) is 12.7. The second-order valence-electron chi connectivity index (χ2n) is 23.3. The molecule has 0 amide bonds. The van der Waals surface area contributed by atoms with Crippen molar-refractivity contribution < 1.29 is 0 Å². The second-order valence-corrected chi connectivity index (χ2v) is 25.5. The molecule has 88 heavy (non-hydrogen) atoms. The summed E-state index contributed by atoms with van der Waals surface area (Å²) in [6, 6.07) is 113. The van der Waals surface area contributed by atoms with Gasteiger partial charge in [0.15, 0.2) is 0 Å². The molecule has 4 aliphatic heterocycles. The lowest BCUT2D eigenvalue weighted by Crippen LogP contribution is -2.64. The molecule has 0 unspecified atom stereocenters. The summed E-state index contributed by atoms with van der Waals surface area (Å²) in [6.45, 7) is 4.21. The van der Waals surface area contributed by atoms with Crippen LogP contribution in [0.15, 0.2) is 323 Å². The maximum Gasteiger partial charge on any atom is 0.252 e. The molecule has 4 aliphatic rings. The van der Waals surface area contributed by atoms with Gasteiger partial charge in [0, 0.05) is 87.6 Å². The van der Waals surface area contributed by atoms with E-state index in [1.54, 1.807) is 0 Å². The van der Waals surface area contributed by atoms with E-state index in [4.69, 9.17) is 0 Å². The van der Waals surface area contributed by atoms with Gasteiger partial charge < -0.3 is 19.6 Å². The molecular weight excluding hydrogens is 1100 g/mol. The third-order valence-corrected chi connectivity index (χ3v) is 20.3. The SMILES string of the molecule is Cc1ccc(-c2cccc(-c3ccc(C)cc3)c2N2c3cc4c(cc3B3c5ccccc5N(c5ccccc5)c5cc(N(c6ccccc6)c6ccccc6)cc2c53)B2c3ccccc3Sc3cc(N(c5ccccc5)c5ccccc5)cc(c32)S4)cc1. The molecule has 0 aliphatic carbocycles. The molecule has 13 aromatic carbocycles. The standard InChI is InChI=1S/C80H56B2N4S2/c1-53-39-43-55(44-40-53)64-33-22-34-65(56-45-41-54(2)42-46-56)80(64)86-71-52-75-69(82-67-36-19-21-38-74(67)87-76-49-63(50-77(88-75)79(76)82)84(59-27-12-5-13-28-59)60-29-14-6-15-30-60)51-68(71)81-66-35-18-20-37-70(66)85(61-31-16-7-17-32-61)72-47-62(48-73(86)78(72)81)83(57-23-8-3-9-24-57)58-25-10-4-11-26-58/h3-52H,1-2H3. The van der Waals surface area contributed by atoms with Gasteiger partial charge >= 0.3 is 0 Å². The third-order valence-electron chi connectivity index (χ3n) is 18.0. The summed E-state index contributed by atoms with van der Waals surface area (Å²) in [5, 5.41) is 0. The number of fused-ring (bicyclic) bond motifs is 8. The summed E-state index contributed by atoms with van der Waals surface area (Å²) in [5.74, 6) is 0. The van der Waals surface area contributed by atoms with Crippen molar-refractivity contribution in [1.82, 2.24) is 0 Å². The lowest BCUT2D eigenvalue weighted by molar-refractivity contribution is 1.22. The summed E-state index contributed by atoms with van der Waals surface area (Å²) >= 11 is 3.84. The molecular formula is C80H56B2N4S2.